The molecule has 0 aliphatic heterocycles. The van der Waals surface area contributed by atoms with Crippen LogP contribution in [0.5, 0.6) is 0 Å². The second-order valence-corrected chi connectivity index (χ2v) is 4.32. The zero-order valence-corrected chi connectivity index (χ0v) is 10.8. The lowest BCUT2D eigenvalue weighted by Crippen LogP contribution is -2.17. The zero-order valence-electron chi connectivity index (χ0n) is 10.1. The number of benzene rings is 1. The molecule has 0 radical (unpaired) electrons. The van der Waals surface area contributed by atoms with E-state index in [-0.39, 0.29) is 0 Å². The third-order valence-electron chi connectivity index (χ3n) is 2.47. The molecule has 0 heterocycles. The SMILES string of the molecule is CCCNCC(=Cc1ccc(Cl)cc1)CC. The average Bonchev–Trinajstić information content (AvgIpc) is 2.31. The van der Waals surface area contributed by atoms with Gasteiger partial charge in [-0.25, -0.2) is 0 Å². The third-order valence-corrected chi connectivity index (χ3v) is 2.73. The molecule has 1 aromatic carbocycles. The van der Waals surface area contributed by atoms with Gasteiger partial charge in [0.2, 0.25) is 0 Å². The largest absolute Gasteiger partial charge is 0.313 e. The van der Waals surface area contributed by atoms with Crippen LogP contribution in [0.3, 0.4) is 0 Å². The lowest BCUT2D eigenvalue weighted by atomic mass is 10.1. The van der Waals surface area contributed by atoms with Gasteiger partial charge in [0.25, 0.3) is 0 Å². The van der Waals surface area contributed by atoms with Crippen LogP contribution in [0.2, 0.25) is 5.02 Å². The molecule has 1 aromatic rings. The molecule has 0 aliphatic rings. The van der Waals surface area contributed by atoms with Crippen molar-refractivity contribution in [2.24, 2.45) is 0 Å². The highest BCUT2D eigenvalue weighted by Crippen LogP contribution is 2.13. The molecule has 0 saturated heterocycles. The van der Waals surface area contributed by atoms with Crippen LogP contribution in [0.4, 0.5) is 0 Å². The molecule has 1 N–H and O–H groups in total. The van der Waals surface area contributed by atoms with Crippen molar-refractivity contribution in [1.29, 1.82) is 0 Å². The minimum atomic E-state index is 0.791. The van der Waals surface area contributed by atoms with Gasteiger partial charge in [0.05, 0.1) is 0 Å². The van der Waals surface area contributed by atoms with Crippen molar-refractivity contribution in [3.05, 3.63) is 40.4 Å². The maximum absolute atomic E-state index is 5.85. The van der Waals surface area contributed by atoms with E-state index in [4.69, 9.17) is 11.6 Å². The molecule has 0 spiro atoms. The summed E-state index contributed by atoms with van der Waals surface area (Å²) >= 11 is 5.85. The van der Waals surface area contributed by atoms with E-state index in [1.165, 1.54) is 17.6 Å². The average molecular weight is 238 g/mol. The molecular formula is C14H20ClN. The summed E-state index contributed by atoms with van der Waals surface area (Å²) in [5.74, 6) is 0. The van der Waals surface area contributed by atoms with Crippen molar-refractivity contribution in [2.45, 2.75) is 26.7 Å². The Morgan fingerprint density at radius 2 is 1.94 bits per heavy atom. The van der Waals surface area contributed by atoms with E-state index in [0.29, 0.717) is 0 Å². The first-order chi connectivity index (χ1) is 7.76. The Hall–Kier alpha value is -0.790. The second kappa shape index (κ2) is 7.48. The van der Waals surface area contributed by atoms with Gasteiger partial charge in [-0.3, -0.25) is 0 Å². The van der Waals surface area contributed by atoms with Crippen molar-refractivity contribution in [1.82, 2.24) is 5.32 Å². The number of rotatable bonds is 6. The molecule has 0 fully saturated rings. The van der Waals surface area contributed by atoms with Gasteiger partial charge in [-0.05, 0) is 37.1 Å². The van der Waals surface area contributed by atoms with E-state index in [1.54, 1.807) is 0 Å². The lowest BCUT2D eigenvalue weighted by molar-refractivity contribution is 0.706. The molecule has 0 saturated carbocycles. The van der Waals surface area contributed by atoms with Gasteiger partial charge in [-0.1, -0.05) is 49.2 Å². The Kier molecular flexibility index (Phi) is 6.20. The quantitative estimate of drug-likeness (QED) is 0.734. The molecule has 0 aliphatic carbocycles. The summed E-state index contributed by atoms with van der Waals surface area (Å²) in [6.45, 7) is 6.43. The van der Waals surface area contributed by atoms with Gasteiger partial charge >= 0.3 is 0 Å². The van der Waals surface area contributed by atoms with Gasteiger partial charge in [-0.15, -0.1) is 0 Å². The first-order valence-electron chi connectivity index (χ1n) is 5.92. The molecule has 0 amide bonds. The van der Waals surface area contributed by atoms with Crippen molar-refractivity contribution in [3.8, 4) is 0 Å². The molecule has 2 heteroatoms. The summed E-state index contributed by atoms with van der Waals surface area (Å²) in [4.78, 5) is 0. The second-order valence-electron chi connectivity index (χ2n) is 3.88. The van der Waals surface area contributed by atoms with E-state index in [0.717, 1.165) is 24.5 Å². The van der Waals surface area contributed by atoms with Gasteiger partial charge < -0.3 is 5.32 Å². The van der Waals surface area contributed by atoms with Crippen molar-refractivity contribution < 1.29 is 0 Å². The van der Waals surface area contributed by atoms with Gasteiger partial charge in [0, 0.05) is 11.6 Å². The van der Waals surface area contributed by atoms with Crippen LogP contribution in [-0.4, -0.2) is 13.1 Å². The van der Waals surface area contributed by atoms with Crippen LogP contribution in [0.25, 0.3) is 6.08 Å². The van der Waals surface area contributed by atoms with Crippen molar-refractivity contribution >= 4 is 17.7 Å². The van der Waals surface area contributed by atoms with E-state index in [9.17, 15) is 0 Å². The predicted octanol–water partition coefficient (Wildman–Crippen LogP) is 4.13. The normalized spacial score (nSPS) is 11.8. The standard InChI is InChI=1S/C14H20ClN/c1-3-9-16-11-12(4-2)10-13-5-7-14(15)8-6-13/h5-8,10,16H,3-4,9,11H2,1-2H3. The molecule has 88 valence electrons. The number of hydrogen-bond donors (Lipinski definition) is 1. The molecular weight excluding hydrogens is 218 g/mol. The molecule has 1 nitrogen and oxygen atoms in total. The van der Waals surface area contributed by atoms with E-state index in [1.807, 2.05) is 12.1 Å². The van der Waals surface area contributed by atoms with Crippen LogP contribution >= 0.6 is 11.6 Å². The fourth-order valence-corrected chi connectivity index (χ4v) is 1.62. The fourth-order valence-electron chi connectivity index (χ4n) is 1.50. The molecule has 1 rings (SSSR count). The first-order valence-corrected chi connectivity index (χ1v) is 6.29. The highest BCUT2D eigenvalue weighted by atomic mass is 35.5. The summed E-state index contributed by atoms with van der Waals surface area (Å²) in [6.07, 6.45) is 4.50. The minimum absolute atomic E-state index is 0.791. The van der Waals surface area contributed by atoms with Crippen LogP contribution in [0, 0.1) is 0 Å². The molecule has 0 aromatic heterocycles. The number of hydrogen-bond acceptors (Lipinski definition) is 1. The third kappa shape index (κ3) is 4.82. The Morgan fingerprint density at radius 3 is 2.50 bits per heavy atom. The highest BCUT2D eigenvalue weighted by Gasteiger charge is 1.95. The maximum Gasteiger partial charge on any atom is 0.0406 e. The lowest BCUT2D eigenvalue weighted by Gasteiger charge is -2.06. The summed E-state index contributed by atoms with van der Waals surface area (Å²) in [5, 5.41) is 4.21. The summed E-state index contributed by atoms with van der Waals surface area (Å²) in [7, 11) is 0. The fraction of sp³-hybridized carbons (Fsp3) is 0.429. The van der Waals surface area contributed by atoms with Crippen LogP contribution in [-0.2, 0) is 0 Å². The van der Waals surface area contributed by atoms with Gasteiger partial charge in [0.1, 0.15) is 0 Å². The summed E-state index contributed by atoms with van der Waals surface area (Å²) in [5.41, 5.74) is 2.65. The van der Waals surface area contributed by atoms with Crippen LogP contribution in [0.1, 0.15) is 32.3 Å². The Bertz CT molecular complexity index is 327. The van der Waals surface area contributed by atoms with E-state index in [2.05, 4.69) is 37.4 Å². The van der Waals surface area contributed by atoms with Crippen LogP contribution in [0.15, 0.2) is 29.8 Å². The number of halogens is 1. The van der Waals surface area contributed by atoms with Crippen molar-refractivity contribution in [2.75, 3.05) is 13.1 Å². The van der Waals surface area contributed by atoms with Gasteiger partial charge in [0.15, 0.2) is 0 Å². The monoisotopic (exact) mass is 237 g/mol. The minimum Gasteiger partial charge on any atom is -0.313 e. The molecule has 0 atom stereocenters. The van der Waals surface area contributed by atoms with E-state index >= 15 is 0 Å². The molecule has 0 unspecified atom stereocenters. The van der Waals surface area contributed by atoms with Crippen molar-refractivity contribution in [3.63, 3.8) is 0 Å². The predicted molar refractivity (Wildman–Crippen MR) is 72.9 cm³/mol. The smallest absolute Gasteiger partial charge is 0.0406 e. The topological polar surface area (TPSA) is 12.0 Å². The Morgan fingerprint density at radius 1 is 1.25 bits per heavy atom. The molecule has 0 bridgehead atoms. The highest BCUT2D eigenvalue weighted by molar-refractivity contribution is 6.30. The van der Waals surface area contributed by atoms with Crippen LogP contribution < -0.4 is 5.32 Å². The Labute approximate surface area is 104 Å². The van der Waals surface area contributed by atoms with E-state index < -0.39 is 0 Å². The van der Waals surface area contributed by atoms with Gasteiger partial charge in [-0.2, -0.15) is 0 Å². The zero-order chi connectivity index (χ0) is 11.8. The maximum atomic E-state index is 5.85. The summed E-state index contributed by atoms with van der Waals surface area (Å²) < 4.78 is 0. The first kappa shape index (κ1) is 13.3. The Balaban J connectivity index is 2.60. The number of nitrogens with one attached hydrogen (secondary N) is 1. The summed E-state index contributed by atoms with van der Waals surface area (Å²) in [6, 6.07) is 7.97. The molecule has 16 heavy (non-hydrogen) atoms.